The molecule has 0 aliphatic carbocycles. The number of unbranched alkanes of at least 4 members (excludes halogenated alkanes) is 9. The van der Waals surface area contributed by atoms with Gasteiger partial charge in [-0.3, -0.25) is 4.79 Å². The van der Waals surface area contributed by atoms with E-state index < -0.39 is 11.3 Å². The van der Waals surface area contributed by atoms with Crippen LogP contribution in [0.4, 0.5) is 0 Å². The summed E-state index contributed by atoms with van der Waals surface area (Å²) in [4.78, 5) is 10.6. The van der Waals surface area contributed by atoms with Crippen LogP contribution >= 0.6 is 11.6 Å². The third kappa shape index (κ3) is 10.8. The number of alkyl halides is 1. The topological polar surface area (TPSA) is 61.1 Å². The zero-order valence-electron chi connectivity index (χ0n) is 15.1. The third-order valence-electron chi connectivity index (χ3n) is 4.52. The number of carbonyl (C=O) groups is 1. The molecule has 25 heavy (non-hydrogen) atoms. The van der Waals surface area contributed by atoms with Gasteiger partial charge >= 0.3 is 5.97 Å². The van der Waals surface area contributed by atoms with Crippen LogP contribution < -0.4 is 0 Å². The lowest BCUT2D eigenvalue weighted by atomic mass is 10.0. The first kappa shape index (κ1) is 21.5. The van der Waals surface area contributed by atoms with Crippen molar-refractivity contribution < 1.29 is 9.90 Å². The number of carboxylic acids is 1. The van der Waals surface area contributed by atoms with Crippen LogP contribution in [0.5, 0.6) is 0 Å². The lowest BCUT2D eigenvalue weighted by Crippen LogP contribution is -2.12. The summed E-state index contributed by atoms with van der Waals surface area (Å²) in [5.74, 6) is -0.902. The zero-order chi connectivity index (χ0) is 18.3. The molecule has 1 N–H and O–H groups in total. The molecule has 0 amide bonds. The zero-order valence-corrected chi connectivity index (χ0v) is 15.8. The van der Waals surface area contributed by atoms with Crippen molar-refractivity contribution in [2.75, 3.05) is 0 Å². The highest BCUT2D eigenvalue weighted by Gasteiger charge is 2.11. The largest absolute Gasteiger partial charge is 0.480 e. The van der Waals surface area contributed by atoms with E-state index in [9.17, 15) is 4.79 Å². The van der Waals surface area contributed by atoms with Gasteiger partial charge in [0.05, 0.1) is 11.6 Å². The summed E-state index contributed by atoms with van der Waals surface area (Å²) in [6, 6.07) is 10.0. The first-order valence-electron chi connectivity index (χ1n) is 9.49. The Kier molecular flexibility index (Phi) is 11.8. The van der Waals surface area contributed by atoms with Crippen molar-refractivity contribution in [2.24, 2.45) is 0 Å². The number of nitrogens with zero attached hydrogens (tertiary/aromatic N) is 1. The van der Waals surface area contributed by atoms with Crippen molar-refractivity contribution in [3.05, 3.63) is 35.4 Å². The predicted molar refractivity (Wildman–Crippen MR) is 103 cm³/mol. The van der Waals surface area contributed by atoms with Crippen molar-refractivity contribution in [3.63, 3.8) is 0 Å². The Bertz CT molecular complexity index is 522. The number of carboxylic acid groups (broad SMARTS) is 1. The Balaban J connectivity index is 1.86. The number of rotatable bonds is 14. The second-order valence-corrected chi connectivity index (χ2v) is 7.22. The second kappa shape index (κ2) is 13.7. The molecule has 138 valence electrons. The highest BCUT2D eigenvalue weighted by Crippen LogP contribution is 2.14. The van der Waals surface area contributed by atoms with Crippen LogP contribution in [-0.4, -0.2) is 16.5 Å². The molecule has 1 rings (SSSR count). The van der Waals surface area contributed by atoms with Gasteiger partial charge in [-0.05, 0) is 37.0 Å². The molecule has 0 radical (unpaired) electrons. The molecule has 4 heteroatoms. The average molecular weight is 364 g/mol. The van der Waals surface area contributed by atoms with Gasteiger partial charge in [0.1, 0.15) is 5.38 Å². The third-order valence-corrected chi connectivity index (χ3v) is 4.93. The van der Waals surface area contributed by atoms with E-state index in [1.807, 2.05) is 12.1 Å². The standard InChI is InChI=1S/C21H30ClNO2/c22-20(21(24)25)12-10-8-6-4-2-1-3-5-7-9-11-18-13-15-19(17-23)16-14-18/h13-16,20H,1-12H2,(H,24,25). The number of benzene rings is 1. The van der Waals surface area contributed by atoms with Gasteiger partial charge in [-0.25, -0.2) is 0 Å². The van der Waals surface area contributed by atoms with Crippen LogP contribution in [0.15, 0.2) is 24.3 Å². The fourth-order valence-corrected chi connectivity index (χ4v) is 3.09. The lowest BCUT2D eigenvalue weighted by molar-refractivity contribution is -0.136. The van der Waals surface area contributed by atoms with Crippen LogP contribution in [0.2, 0.25) is 0 Å². The summed E-state index contributed by atoms with van der Waals surface area (Å²) in [5, 5.41) is 16.7. The molecule has 0 aromatic heterocycles. The van der Waals surface area contributed by atoms with E-state index in [-0.39, 0.29) is 0 Å². The minimum atomic E-state index is -0.902. The molecule has 0 fully saturated rings. The monoisotopic (exact) mass is 363 g/mol. The molecule has 1 aromatic carbocycles. The molecule has 0 aliphatic rings. The van der Waals surface area contributed by atoms with E-state index >= 15 is 0 Å². The van der Waals surface area contributed by atoms with Gasteiger partial charge in [0, 0.05) is 0 Å². The fourth-order valence-electron chi connectivity index (χ4n) is 2.94. The maximum Gasteiger partial charge on any atom is 0.321 e. The summed E-state index contributed by atoms with van der Waals surface area (Å²) in [6.45, 7) is 0. The van der Waals surface area contributed by atoms with Crippen LogP contribution in [-0.2, 0) is 11.2 Å². The van der Waals surface area contributed by atoms with Crippen LogP contribution in [0.1, 0.15) is 81.8 Å². The van der Waals surface area contributed by atoms with Crippen LogP contribution in [0, 0.1) is 11.3 Å². The highest BCUT2D eigenvalue weighted by atomic mass is 35.5. The van der Waals surface area contributed by atoms with E-state index in [2.05, 4.69) is 18.2 Å². The number of nitriles is 1. The molecule has 1 atom stereocenters. The van der Waals surface area contributed by atoms with E-state index in [0.29, 0.717) is 6.42 Å². The molecular formula is C21H30ClNO2. The SMILES string of the molecule is N#Cc1ccc(CCCCCCCCCCCCC(Cl)C(=O)O)cc1. The molecule has 0 heterocycles. The molecule has 1 unspecified atom stereocenters. The molecular weight excluding hydrogens is 334 g/mol. The quantitative estimate of drug-likeness (QED) is 0.321. The smallest absolute Gasteiger partial charge is 0.321 e. The Morgan fingerprint density at radius 1 is 0.920 bits per heavy atom. The molecule has 0 spiro atoms. The minimum Gasteiger partial charge on any atom is -0.480 e. The van der Waals surface area contributed by atoms with Crippen molar-refractivity contribution in [2.45, 2.75) is 82.4 Å². The number of halogens is 1. The summed E-state index contributed by atoms with van der Waals surface area (Å²) in [6.07, 6.45) is 13.8. The summed E-state index contributed by atoms with van der Waals surface area (Å²) in [5.41, 5.74) is 2.05. The molecule has 1 aromatic rings. The number of aliphatic carboxylic acids is 1. The normalized spacial score (nSPS) is 11.8. The second-order valence-electron chi connectivity index (χ2n) is 6.69. The Morgan fingerprint density at radius 3 is 1.88 bits per heavy atom. The van der Waals surface area contributed by atoms with E-state index in [4.69, 9.17) is 22.0 Å². The number of hydrogen-bond acceptors (Lipinski definition) is 2. The van der Waals surface area contributed by atoms with Gasteiger partial charge in [-0.1, -0.05) is 69.9 Å². The van der Waals surface area contributed by atoms with Crippen molar-refractivity contribution in [1.29, 1.82) is 5.26 Å². The Labute approximate surface area is 157 Å². The maximum absolute atomic E-state index is 10.6. The molecule has 0 aliphatic heterocycles. The fraction of sp³-hybridized carbons (Fsp3) is 0.619. The summed E-state index contributed by atoms with van der Waals surface area (Å²) < 4.78 is 0. The van der Waals surface area contributed by atoms with E-state index in [1.165, 1.54) is 56.9 Å². The first-order valence-corrected chi connectivity index (χ1v) is 9.93. The van der Waals surface area contributed by atoms with Gasteiger partial charge in [0.25, 0.3) is 0 Å². The predicted octanol–water partition coefficient (Wildman–Crippen LogP) is 6.08. The van der Waals surface area contributed by atoms with E-state index in [0.717, 1.165) is 24.8 Å². The average Bonchev–Trinajstić information content (AvgIpc) is 2.62. The minimum absolute atomic E-state index is 0.579. The number of hydrogen-bond donors (Lipinski definition) is 1. The van der Waals surface area contributed by atoms with Crippen molar-refractivity contribution in [3.8, 4) is 6.07 Å². The Hall–Kier alpha value is -1.53. The summed E-state index contributed by atoms with van der Waals surface area (Å²) >= 11 is 5.68. The number of aryl methyl sites for hydroxylation is 1. The van der Waals surface area contributed by atoms with Crippen molar-refractivity contribution >= 4 is 17.6 Å². The maximum atomic E-state index is 10.6. The summed E-state index contributed by atoms with van der Waals surface area (Å²) in [7, 11) is 0. The van der Waals surface area contributed by atoms with Gasteiger partial charge in [-0.2, -0.15) is 5.26 Å². The van der Waals surface area contributed by atoms with Crippen LogP contribution in [0.25, 0.3) is 0 Å². The lowest BCUT2D eigenvalue weighted by Gasteiger charge is -2.05. The molecule has 0 saturated heterocycles. The highest BCUT2D eigenvalue weighted by molar-refractivity contribution is 6.29. The van der Waals surface area contributed by atoms with Gasteiger partial charge < -0.3 is 5.11 Å². The van der Waals surface area contributed by atoms with Gasteiger partial charge in [0.2, 0.25) is 0 Å². The van der Waals surface area contributed by atoms with Gasteiger partial charge in [0.15, 0.2) is 0 Å². The molecule has 0 bridgehead atoms. The van der Waals surface area contributed by atoms with E-state index in [1.54, 1.807) is 0 Å². The van der Waals surface area contributed by atoms with Gasteiger partial charge in [-0.15, -0.1) is 11.6 Å². The van der Waals surface area contributed by atoms with Crippen LogP contribution in [0.3, 0.4) is 0 Å². The Morgan fingerprint density at radius 2 is 1.40 bits per heavy atom. The first-order chi connectivity index (χ1) is 12.1. The van der Waals surface area contributed by atoms with Crippen molar-refractivity contribution in [1.82, 2.24) is 0 Å². The molecule has 3 nitrogen and oxygen atoms in total. The molecule has 0 saturated carbocycles.